The minimum absolute atomic E-state index is 0.119. The second-order valence-corrected chi connectivity index (χ2v) is 12.3. The maximum atomic E-state index is 6.13. The maximum absolute atomic E-state index is 6.13. The maximum Gasteiger partial charge on any atom is 0.153 e. The summed E-state index contributed by atoms with van der Waals surface area (Å²) in [6.45, 7) is 0. The molecule has 0 aliphatic rings. The molecule has 0 fully saturated rings. The summed E-state index contributed by atoms with van der Waals surface area (Å²) in [6.07, 6.45) is 3.81. The second-order valence-electron chi connectivity index (χ2n) is 12.3. The monoisotopic (exact) mass is 604 g/mol. The number of rotatable bonds is 7. The van der Waals surface area contributed by atoms with E-state index in [2.05, 4.69) is 150 Å². The van der Waals surface area contributed by atoms with E-state index in [0.717, 1.165) is 46.2 Å². The molecular formula is C44H32N2O. The van der Waals surface area contributed by atoms with Crippen molar-refractivity contribution in [3.05, 3.63) is 181 Å². The molecule has 0 N–H and O–H groups in total. The SMILES string of the molecule is c1ccc(CCC(c2cccc(-c3cccc(-n4c5ccccc5c5ccccc54)c3)c2)c2cc3c(cn2)oc2ccccc23)cc1. The first-order chi connectivity index (χ1) is 23.3. The van der Waals surface area contributed by atoms with Crippen molar-refractivity contribution >= 4 is 43.7 Å². The van der Waals surface area contributed by atoms with Crippen molar-refractivity contribution in [2.75, 3.05) is 0 Å². The van der Waals surface area contributed by atoms with E-state index in [1.807, 2.05) is 18.3 Å². The molecule has 0 bridgehead atoms. The smallest absolute Gasteiger partial charge is 0.153 e. The van der Waals surface area contributed by atoms with Crippen molar-refractivity contribution in [1.82, 2.24) is 9.55 Å². The molecular weight excluding hydrogens is 572 g/mol. The Labute approximate surface area is 273 Å². The van der Waals surface area contributed by atoms with Gasteiger partial charge in [0.25, 0.3) is 0 Å². The Morgan fingerprint density at radius 2 is 1.19 bits per heavy atom. The van der Waals surface area contributed by atoms with Crippen LogP contribution in [0.5, 0.6) is 0 Å². The fourth-order valence-corrected chi connectivity index (χ4v) is 7.24. The molecule has 3 heteroatoms. The van der Waals surface area contributed by atoms with Crippen LogP contribution in [0.1, 0.15) is 29.2 Å². The zero-order valence-corrected chi connectivity index (χ0v) is 25.9. The summed E-state index contributed by atoms with van der Waals surface area (Å²) in [5.41, 5.74) is 11.4. The summed E-state index contributed by atoms with van der Waals surface area (Å²) in [5.74, 6) is 0.119. The number of fused-ring (bicyclic) bond motifs is 6. The van der Waals surface area contributed by atoms with Gasteiger partial charge in [-0.25, -0.2) is 0 Å². The molecule has 9 rings (SSSR count). The van der Waals surface area contributed by atoms with Crippen molar-refractivity contribution in [2.45, 2.75) is 18.8 Å². The first-order valence-corrected chi connectivity index (χ1v) is 16.3. The predicted molar refractivity (Wildman–Crippen MR) is 194 cm³/mol. The number of hydrogen-bond donors (Lipinski definition) is 0. The van der Waals surface area contributed by atoms with E-state index in [9.17, 15) is 0 Å². The van der Waals surface area contributed by atoms with Gasteiger partial charge >= 0.3 is 0 Å². The number of furan rings is 1. The van der Waals surface area contributed by atoms with Gasteiger partial charge in [0.15, 0.2) is 5.58 Å². The third-order valence-corrected chi connectivity index (χ3v) is 9.51. The second kappa shape index (κ2) is 11.5. The lowest BCUT2D eigenvalue weighted by molar-refractivity contribution is 0.662. The van der Waals surface area contributed by atoms with Gasteiger partial charge in [0.1, 0.15) is 5.58 Å². The molecule has 6 aromatic carbocycles. The Hall–Kier alpha value is -5.93. The number of pyridine rings is 1. The fraction of sp³-hybridized carbons (Fsp3) is 0.0682. The van der Waals surface area contributed by atoms with Crippen LogP contribution >= 0.6 is 0 Å². The van der Waals surface area contributed by atoms with Crippen LogP contribution < -0.4 is 0 Å². The third-order valence-electron chi connectivity index (χ3n) is 9.51. The number of para-hydroxylation sites is 3. The van der Waals surface area contributed by atoms with Crippen molar-refractivity contribution in [3.63, 3.8) is 0 Å². The van der Waals surface area contributed by atoms with E-state index in [0.29, 0.717) is 0 Å². The first kappa shape index (κ1) is 27.4. The average Bonchev–Trinajstić information content (AvgIpc) is 3.68. The van der Waals surface area contributed by atoms with Gasteiger partial charge < -0.3 is 8.98 Å². The molecule has 9 aromatic rings. The summed E-state index contributed by atoms with van der Waals surface area (Å²) >= 11 is 0. The van der Waals surface area contributed by atoms with Crippen LogP contribution in [0, 0.1) is 0 Å². The van der Waals surface area contributed by atoms with E-state index in [4.69, 9.17) is 9.40 Å². The number of hydrogen-bond acceptors (Lipinski definition) is 2. The zero-order chi connectivity index (χ0) is 31.2. The number of aryl methyl sites for hydroxylation is 1. The van der Waals surface area contributed by atoms with Gasteiger partial charge in [-0.1, -0.05) is 121 Å². The van der Waals surface area contributed by atoms with Crippen LogP contribution in [0.2, 0.25) is 0 Å². The van der Waals surface area contributed by atoms with Crippen LogP contribution in [0.4, 0.5) is 0 Å². The van der Waals surface area contributed by atoms with E-state index < -0.39 is 0 Å². The quantitative estimate of drug-likeness (QED) is 0.181. The van der Waals surface area contributed by atoms with Crippen LogP contribution in [0.25, 0.3) is 60.6 Å². The molecule has 3 heterocycles. The highest BCUT2D eigenvalue weighted by Gasteiger charge is 2.19. The van der Waals surface area contributed by atoms with Crippen molar-refractivity contribution < 1.29 is 4.42 Å². The van der Waals surface area contributed by atoms with Gasteiger partial charge in [-0.3, -0.25) is 4.98 Å². The molecule has 47 heavy (non-hydrogen) atoms. The number of benzene rings is 6. The average molecular weight is 605 g/mol. The highest BCUT2D eigenvalue weighted by molar-refractivity contribution is 6.09. The van der Waals surface area contributed by atoms with Gasteiger partial charge in [0.05, 0.1) is 17.2 Å². The Morgan fingerprint density at radius 3 is 1.98 bits per heavy atom. The van der Waals surface area contributed by atoms with E-state index in [-0.39, 0.29) is 5.92 Å². The molecule has 0 saturated carbocycles. The van der Waals surface area contributed by atoms with Crippen LogP contribution in [0.15, 0.2) is 168 Å². The fourth-order valence-electron chi connectivity index (χ4n) is 7.24. The van der Waals surface area contributed by atoms with E-state index in [1.54, 1.807) is 0 Å². The molecule has 0 aliphatic heterocycles. The lowest BCUT2D eigenvalue weighted by Crippen LogP contribution is -2.06. The van der Waals surface area contributed by atoms with Crippen LogP contribution in [-0.4, -0.2) is 9.55 Å². The molecule has 0 saturated heterocycles. The molecule has 3 aromatic heterocycles. The van der Waals surface area contributed by atoms with Gasteiger partial charge in [-0.05, 0) is 71.5 Å². The largest absolute Gasteiger partial charge is 0.454 e. The lowest BCUT2D eigenvalue weighted by atomic mass is 9.87. The number of nitrogens with zero attached hydrogens (tertiary/aromatic N) is 2. The topological polar surface area (TPSA) is 31.0 Å². The summed E-state index contributed by atoms with van der Waals surface area (Å²) in [6, 6.07) is 56.6. The van der Waals surface area contributed by atoms with E-state index >= 15 is 0 Å². The van der Waals surface area contributed by atoms with Gasteiger partial charge in [-0.15, -0.1) is 0 Å². The lowest BCUT2D eigenvalue weighted by Gasteiger charge is -2.19. The summed E-state index contributed by atoms with van der Waals surface area (Å²) in [7, 11) is 0. The van der Waals surface area contributed by atoms with Crippen molar-refractivity contribution in [1.29, 1.82) is 0 Å². The predicted octanol–water partition coefficient (Wildman–Crippen LogP) is 11.5. The van der Waals surface area contributed by atoms with Crippen LogP contribution in [0.3, 0.4) is 0 Å². The summed E-state index contributed by atoms with van der Waals surface area (Å²) in [4.78, 5) is 5.00. The normalized spacial score (nSPS) is 12.3. The molecule has 224 valence electrons. The Bertz CT molecular complexity index is 2490. The zero-order valence-electron chi connectivity index (χ0n) is 25.9. The summed E-state index contributed by atoms with van der Waals surface area (Å²) < 4.78 is 8.51. The molecule has 1 atom stereocenters. The highest BCUT2D eigenvalue weighted by Crippen LogP contribution is 2.37. The van der Waals surface area contributed by atoms with E-state index in [1.165, 1.54) is 44.1 Å². The molecule has 3 nitrogen and oxygen atoms in total. The number of aromatic nitrogens is 2. The van der Waals surface area contributed by atoms with Crippen molar-refractivity contribution in [3.8, 4) is 16.8 Å². The van der Waals surface area contributed by atoms with Crippen molar-refractivity contribution in [2.24, 2.45) is 0 Å². The Morgan fingerprint density at radius 1 is 0.532 bits per heavy atom. The standard InChI is InChI=1S/C44H32N2O/c1-2-12-30(13-3-1)24-25-35(40-28-39-38-20-6-9-23-43(38)47-44(39)29-45-40)33-16-10-14-31(26-33)32-15-11-17-34(27-32)46-41-21-7-4-18-36(41)37-19-5-8-22-42(37)46/h1-23,26-29,35H,24-25H2. The molecule has 1 unspecified atom stereocenters. The molecule has 0 spiro atoms. The minimum Gasteiger partial charge on any atom is -0.454 e. The molecule has 0 aliphatic carbocycles. The Kier molecular flexibility index (Phi) is 6.68. The Balaban J connectivity index is 1.14. The first-order valence-electron chi connectivity index (χ1n) is 16.3. The highest BCUT2D eigenvalue weighted by atomic mass is 16.3. The third kappa shape index (κ3) is 4.88. The minimum atomic E-state index is 0.119. The molecule has 0 amide bonds. The van der Waals surface area contributed by atoms with Gasteiger partial charge in [-0.2, -0.15) is 0 Å². The van der Waals surface area contributed by atoms with Gasteiger partial charge in [0, 0.05) is 38.8 Å². The molecule has 0 radical (unpaired) electrons. The van der Waals surface area contributed by atoms with Gasteiger partial charge in [0.2, 0.25) is 0 Å². The summed E-state index contributed by atoms with van der Waals surface area (Å²) in [5, 5.41) is 4.78. The van der Waals surface area contributed by atoms with Crippen LogP contribution in [-0.2, 0) is 6.42 Å².